The molecule has 0 saturated carbocycles. The molecule has 750 valence electrons. The van der Waals surface area contributed by atoms with Crippen molar-refractivity contribution in [2.75, 3.05) is 158 Å². The van der Waals surface area contributed by atoms with Crippen LogP contribution in [0, 0.1) is 0 Å². The SMILES string of the molecule is CCCCCC[C@@H]1NC(=O)[C@H](Cc2ccc(CNC(=O)COCCOCCNC(=O)CCCCC3(N(CC(=O)O)CC(=O)O)CN(CC(=O)O)CCN(CC(=O)O)C3)cc2)NC(=O)[C@H](Cc2ccccc2)N(C)C(=O)CNC(=O)CNC(=O)[C@H]2CCCN2C(=O)[C@H](CC(=O)O)NC(=O)[C@H](CCCCNC(=O)N2CCN(CC(=O)O)CC2)NC(=O)CNC(=O)[C@H](Cc2c[nH]c3ccccc23)NC1=O. The molecular weight excluding hydrogens is 1790 g/mol. The molecule has 7 atom stereocenters. The number of nitrogens with one attached hydrogen (secondary N) is 12. The van der Waals surface area contributed by atoms with E-state index in [0.717, 1.165) is 22.6 Å². The number of H-pyrrole nitrogens is 1. The molecule has 1 aromatic heterocycles. The van der Waals surface area contributed by atoms with Crippen molar-refractivity contribution in [3.63, 3.8) is 0 Å². The Balaban J connectivity index is 0.963. The van der Waals surface area contributed by atoms with Gasteiger partial charge >= 0.3 is 41.8 Å². The van der Waals surface area contributed by atoms with Gasteiger partial charge in [0.15, 0.2) is 0 Å². The van der Waals surface area contributed by atoms with Crippen LogP contribution in [0.1, 0.15) is 125 Å². The van der Waals surface area contributed by atoms with Crippen molar-refractivity contribution in [1.82, 2.24) is 97.8 Å². The molecular formula is C91H129N19O27. The number of ether oxygens (including phenoxy) is 2. The number of likely N-dealkylation sites (N-methyl/N-ethyl adjacent to an activating group) is 1. The number of carboxylic acids is 6. The van der Waals surface area contributed by atoms with Crippen LogP contribution in [0.2, 0.25) is 0 Å². The van der Waals surface area contributed by atoms with Crippen molar-refractivity contribution >= 4 is 124 Å². The van der Waals surface area contributed by atoms with E-state index in [0.29, 0.717) is 59.1 Å². The lowest BCUT2D eigenvalue weighted by Gasteiger charge is -2.45. The van der Waals surface area contributed by atoms with Crippen molar-refractivity contribution in [2.24, 2.45) is 0 Å². The third-order valence-corrected chi connectivity index (χ3v) is 24.0. The Bertz CT molecular complexity index is 4760. The monoisotopic (exact) mass is 1920 g/mol. The Morgan fingerprint density at radius 3 is 1.71 bits per heavy atom. The minimum Gasteiger partial charge on any atom is -0.481 e. The van der Waals surface area contributed by atoms with Crippen LogP contribution in [0.3, 0.4) is 0 Å². The van der Waals surface area contributed by atoms with E-state index in [2.05, 4.69) is 63.5 Å². The summed E-state index contributed by atoms with van der Waals surface area (Å²) < 4.78 is 11.1. The highest BCUT2D eigenvalue weighted by Crippen LogP contribution is 2.30. The maximum Gasteiger partial charge on any atom is 0.317 e. The Hall–Kier alpha value is -13.3. The number of hydrogen-bond donors (Lipinski definition) is 18. The average Bonchev–Trinajstić information content (AvgIpc) is 1.74. The van der Waals surface area contributed by atoms with Gasteiger partial charge in [-0.1, -0.05) is 112 Å². The summed E-state index contributed by atoms with van der Waals surface area (Å²) >= 11 is 0. The van der Waals surface area contributed by atoms with Gasteiger partial charge in [0.2, 0.25) is 70.9 Å². The molecule has 5 heterocycles. The predicted octanol–water partition coefficient (Wildman–Crippen LogP) is -2.85. The van der Waals surface area contributed by atoms with Gasteiger partial charge in [-0.15, -0.1) is 0 Å². The normalized spacial score (nSPS) is 20.5. The molecule has 137 heavy (non-hydrogen) atoms. The number of aromatic amines is 1. The van der Waals surface area contributed by atoms with E-state index in [1.165, 1.54) is 26.6 Å². The van der Waals surface area contributed by atoms with E-state index in [9.17, 15) is 107 Å². The number of urea groups is 1. The summed E-state index contributed by atoms with van der Waals surface area (Å²) in [6.07, 6.45) is 3.44. The molecule has 0 radical (unpaired) electrons. The fourth-order valence-electron chi connectivity index (χ4n) is 16.9. The largest absolute Gasteiger partial charge is 0.481 e. The van der Waals surface area contributed by atoms with Gasteiger partial charge in [0, 0.05) is 134 Å². The molecule has 4 fully saturated rings. The molecule has 46 nitrogen and oxygen atoms in total. The molecule has 0 unspecified atom stereocenters. The van der Waals surface area contributed by atoms with E-state index in [1.54, 1.807) is 90.0 Å². The van der Waals surface area contributed by atoms with Crippen molar-refractivity contribution in [1.29, 1.82) is 0 Å². The van der Waals surface area contributed by atoms with Crippen LogP contribution in [-0.2, 0) is 122 Å². The van der Waals surface area contributed by atoms with E-state index in [1.807, 2.05) is 6.92 Å². The summed E-state index contributed by atoms with van der Waals surface area (Å²) in [7, 11) is 1.31. The van der Waals surface area contributed by atoms with E-state index < -0.39 is 207 Å². The Labute approximate surface area is 791 Å². The third-order valence-electron chi connectivity index (χ3n) is 24.0. The number of carbonyl (C=O) groups is 19. The summed E-state index contributed by atoms with van der Waals surface area (Å²) in [5.41, 5.74) is 1.48. The van der Waals surface area contributed by atoms with Crippen LogP contribution in [0.5, 0.6) is 0 Å². The number of para-hydroxylation sites is 1. The average molecular weight is 1920 g/mol. The van der Waals surface area contributed by atoms with E-state index in [4.69, 9.17) is 9.47 Å². The lowest BCUT2D eigenvalue weighted by Crippen LogP contribution is -2.62. The zero-order valence-corrected chi connectivity index (χ0v) is 77.2. The first-order valence-electron chi connectivity index (χ1n) is 46.1. The quantitative estimate of drug-likeness (QED) is 0.0198. The number of unbranched alkanes of at least 4 members (excludes halogenated alkanes) is 5. The molecule has 0 spiro atoms. The Morgan fingerprint density at radius 2 is 1.05 bits per heavy atom. The number of carboxylic acid groups (broad SMARTS) is 6. The Kier molecular flexibility index (Phi) is 44.8. The second-order valence-corrected chi connectivity index (χ2v) is 34.5. The first-order chi connectivity index (χ1) is 65.5. The topological polar surface area (TPSA) is 635 Å². The number of benzene rings is 3. The minimum atomic E-state index is -1.84. The van der Waals surface area contributed by atoms with Gasteiger partial charge in [-0.3, -0.25) is 106 Å². The number of amides is 14. The third kappa shape index (κ3) is 37.4. The lowest BCUT2D eigenvalue weighted by atomic mass is 9.88. The summed E-state index contributed by atoms with van der Waals surface area (Å²) in [6.45, 7) is -2.02. The zero-order valence-electron chi connectivity index (χ0n) is 77.2. The first kappa shape index (κ1) is 109. The van der Waals surface area contributed by atoms with Crippen LogP contribution in [0.4, 0.5) is 4.79 Å². The van der Waals surface area contributed by atoms with Crippen LogP contribution >= 0.6 is 0 Å². The Morgan fingerprint density at radius 1 is 0.482 bits per heavy atom. The molecule has 4 saturated heterocycles. The number of aliphatic carboxylic acids is 6. The van der Waals surface area contributed by atoms with Crippen molar-refractivity contribution in [3.05, 3.63) is 107 Å². The number of nitrogens with zero attached hydrogens (tertiary/aromatic N) is 7. The van der Waals surface area contributed by atoms with Crippen molar-refractivity contribution in [2.45, 2.75) is 177 Å². The fourth-order valence-corrected chi connectivity index (χ4v) is 16.9. The van der Waals surface area contributed by atoms with Gasteiger partial charge in [-0.25, -0.2) is 4.79 Å². The zero-order chi connectivity index (χ0) is 99.5. The van der Waals surface area contributed by atoms with Gasteiger partial charge in [0.05, 0.1) is 78.6 Å². The van der Waals surface area contributed by atoms with Crippen LogP contribution < -0.4 is 58.5 Å². The van der Waals surface area contributed by atoms with E-state index >= 15 is 14.4 Å². The van der Waals surface area contributed by atoms with E-state index in [-0.39, 0.29) is 188 Å². The number of hydrogen-bond acceptors (Lipinski definition) is 25. The fraction of sp³-hybridized carbons (Fsp3) is 0.571. The second kappa shape index (κ2) is 56.3. The summed E-state index contributed by atoms with van der Waals surface area (Å²) in [6, 6.07) is 11.3. The second-order valence-electron chi connectivity index (χ2n) is 34.5. The molecule has 0 bridgehead atoms. The molecule has 18 N–H and O–H groups in total. The predicted molar refractivity (Wildman–Crippen MR) is 489 cm³/mol. The number of aromatic nitrogens is 1. The summed E-state index contributed by atoms with van der Waals surface area (Å²) in [5, 5.41) is 88.3. The maximum absolute atomic E-state index is 15.4. The molecule has 4 aromatic rings. The first-order valence-corrected chi connectivity index (χ1v) is 46.1. The van der Waals surface area contributed by atoms with Crippen molar-refractivity contribution in [3.8, 4) is 0 Å². The molecule has 0 aliphatic carbocycles. The molecule has 14 amide bonds. The molecule has 46 heteroatoms. The molecule has 8 rings (SSSR count). The summed E-state index contributed by atoms with van der Waals surface area (Å²) in [5.74, 6) is -17.6. The van der Waals surface area contributed by atoms with Gasteiger partial charge in [-0.05, 0) is 79.7 Å². The highest BCUT2D eigenvalue weighted by molar-refractivity contribution is 6.00. The van der Waals surface area contributed by atoms with Crippen molar-refractivity contribution < 1.29 is 131 Å². The van der Waals surface area contributed by atoms with Gasteiger partial charge in [-0.2, -0.15) is 0 Å². The highest BCUT2D eigenvalue weighted by Gasteiger charge is 2.45. The smallest absolute Gasteiger partial charge is 0.317 e. The highest BCUT2D eigenvalue weighted by atomic mass is 16.5. The van der Waals surface area contributed by atoms with Gasteiger partial charge in [0.1, 0.15) is 48.9 Å². The molecule has 3 aromatic carbocycles. The van der Waals surface area contributed by atoms with Crippen LogP contribution in [-0.4, -0.2) is 388 Å². The number of carbonyl (C=O) groups excluding carboxylic acids is 13. The molecule has 4 aliphatic heterocycles. The van der Waals surface area contributed by atoms with Crippen LogP contribution in [0.15, 0.2) is 85.1 Å². The van der Waals surface area contributed by atoms with Gasteiger partial charge < -0.3 is 118 Å². The summed E-state index contributed by atoms with van der Waals surface area (Å²) in [4.78, 5) is 270. The number of fused-ring (bicyclic) bond motifs is 2. The van der Waals surface area contributed by atoms with Crippen LogP contribution in [0.25, 0.3) is 10.9 Å². The number of rotatable bonds is 44. The maximum atomic E-state index is 15.4. The lowest BCUT2D eigenvalue weighted by molar-refractivity contribution is -0.148. The minimum absolute atomic E-state index is 0.00231. The van der Waals surface area contributed by atoms with Gasteiger partial charge in [0.25, 0.3) is 0 Å². The number of piperazine rings is 1. The molecule has 4 aliphatic rings. The standard InChI is InChI=1S/C91H129N19O27/c1-3-4-5-9-21-66-85(130)101-68(44-62-47-94-64-20-11-10-19-63(62)64)83(128)97-49-74(113)99-65(22-13-15-30-93-90(135)108-37-35-105(36-38-108)51-78(118)119)84(129)103-69(45-77(116)117)89(134)110-32-16-23-70(110)87(132)98-48-73(112)96-50-76(115)104(2)71(43-59-17-7-6-8-18-59)88(133)102-67(86(131)100-66)42-60-25-27-61(28-26-60)46-95-75(114)56-137-41-40-136-39-31-92-72(111)24-12-14-29-91(109(54-81(124)125)55-82(126)127)57-106(52-79(120)121)33-34-107(58-91)53-80(122)123/h6-8,10-11,17-20,25-28,47,65-71,94H,3-5,9,12-16,21-24,29-46,48-58H2,1-2H3,(H,92,111)(H,93,135)(H,95,114)(H,96,112)(H,97,128)(H,98,132)(H,99,113)(H,100,131)(H,101,130)(H,102,133)(H,103,129)(H,116,117)(H,118,119)(H,120,121)(H,122,123)(H,124,125)(H,126,127)/t65-,66-,67-,68-,69-,70+,71-/m0/s1.